The zero-order chi connectivity index (χ0) is 16.7. The molecule has 1 aromatic carbocycles. The van der Waals surface area contributed by atoms with E-state index in [9.17, 15) is 14.4 Å². The van der Waals surface area contributed by atoms with Gasteiger partial charge in [0.2, 0.25) is 5.91 Å². The van der Waals surface area contributed by atoms with Gasteiger partial charge in [0.25, 0.3) is 0 Å². The van der Waals surface area contributed by atoms with Gasteiger partial charge in [0.05, 0.1) is 5.92 Å². The molecule has 120 valence electrons. The van der Waals surface area contributed by atoms with Gasteiger partial charge in [-0.15, -0.1) is 0 Å². The van der Waals surface area contributed by atoms with Gasteiger partial charge in [0, 0.05) is 19.9 Å². The van der Waals surface area contributed by atoms with E-state index in [-0.39, 0.29) is 17.9 Å². The fourth-order valence-corrected chi connectivity index (χ4v) is 2.15. The fourth-order valence-electron chi connectivity index (χ4n) is 2.15. The lowest BCUT2D eigenvalue weighted by atomic mass is 9.96. The van der Waals surface area contributed by atoms with Gasteiger partial charge in [-0.25, -0.2) is 0 Å². The summed E-state index contributed by atoms with van der Waals surface area (Å²) in [6.45, 7) is 4.34. The second-order valence-corrected chi connectivity index (χ2v) is 5.31. The Kier molecular flexibility index (Phi) is 6.56. The van der Waals surface area contributed by atoms with E-state index >= 15 is 0 Å². The predicted molar refractivity (Wildman–Crippen MR) is 80.5 cm³/mol. The summed E-state index contributed by atoms with van der Waals surface area (Å²) in [6, 6.07) is 6.66. The highest BCUT2D eigenvalue weighted by Crippen LogP contribution is 2.16. The van der Waals surface area contributed by atoms with Crippen LogP contribution in [0, 0.1) is 5.92 Å². The lowest BCUT2D eigenvalue weighted by molar-refractivity contribution is -0.141. The molecule has 0 fully saturated rings. The number of aliphatic carboxylic acids is 1. The Morgan fingerprint density at radius 1 is 1.18 bits per heavy atom. The van der Waals surface area contributed by atoms with E-state index in [1.807, 2.05) is 0 Å². The summed E-state index contributed by atoms with van der Waals surface area (Å²) < 4.78 is 4.95. The minimum atomic E-state index is -0.888. The quantitative estimate of drug-likeness (QED) is 0.591. The second-order valence-electron chi connectivity index (χ2n) is 5.31. The van der Waals surface area contributed by atoms with Crippen molar-refractivity contribution in [3.05, 3.63) is 29.8 Å². The Hall–Kier alpha value is -2.37. The number of carboxylic acid groups (broad SMARTS) is 1. The zero-order valence-electron chi connectivity index (χ0n) is 13.0. The number of esters is 1. The van der Waals surface area contributed by atoms with E-state index in [0.29, 0.717) is 18.6 Å². The maximum absolute atomic E-state index is 11.3. The molecular weight excluding hydrogens is 286 g/mol. The van der Waals surface area contributed by atoms with Crippen LogP contribution in [-0.4, -0.2) is 29.0 Å². The molecule has 0 bridgehead atoms. The van der Waals surface area contributed by atoms with Crippen LogP contribution >= 0.6 is 0 Å². The Bertz CT molecular complexity index is 538. The minimum Gasteiger partial charge on any atom is -0.481 e. The van der Waals surface area contributed by atoms with Crippen LogP contribution in [0.15, 0.2) is 24.3 Å². The Morgan fingerprint density at radius 3 is 2.23 bits per heavy atom. The van der Waals surface area contributed by atoms with Gasteiger partial charge >= 0.3 is 11.9 Å². The average molecular weight is 307 g/mol. The highest BCUT2D eigenvalue weighted by Gasteiger charge is 2.19. The molecule has 1 rings (SSSR count). The average Bonchev–Trinajstić information content (AvgIpc) is 2.39. The SMILES string of the molecule is CC(=O)NC(Cc1ccc(OC(C)=O)cc1)CC(C)C(=O)O. The van der Waals surface area contributed by atoms with Crippen LogP contribution in [0.3, 0.4) is 0 Å². The standard InChI is InChI=1S/C16H21NO5/c1-10(16(20)21)8-14(17-11(2)18)9-13-4-6-15(7-5-13)22-12(3)19/h4-7,10,14H,8-9H2,1-3H3,(H,17,18)(H,20,21). The molecule has 1 aromatic rings. The first kappa shape index (κ1) is 17.7. The molecule has 22 heavy (non-hydrogen) atoms. The van der Waals surface area contributed by atoms with Crippen LogP contribution in [0.4, 0.5) is 0 Å². The Balaban J connectivity index is 2.73. The summed E-state index contributed by atoms with van der Waals surface area (Å²) >= 11 is 0. The summed E-state index contributed by atoms with van der Waals surface area (Å²) in [4.78, 5) is 33.1. The van der Waals surface area contributed by atoms with Gasteiger partial charge in [0.15, 0.2) is 0 Å². The summed E-state index contributed by atoms with van der Waals surface area (Å²) in [5.41, 5.74) is 0.923. The molecule has 2 N–H and O–H groups in total. The van der Waals surface area contributed by atoms with Crippen molar-refractivity contribution in [1.29, 1.82) is 0 Å². The van der Waals surface area contributed by atoms with Crippen molar-refractivity contribution < 1.29 is 24.2 Å². The van der Waals surface area contributed by atoms with Crippen molar-refractivity contribution in [2.75, 3.05) is 0 Å². The number of ether oxygens (including phenoxy) is 1. The summed E-state index contributed by atoms with van der Waals surface area (Å²) in [5, 5.41) is 11.8. The number of hydrogen-bond acceptors (Lipinski definition) is 4. The Morgan fingerprint density at radius 2 is 1.77 bits per heavy atom. The van der Waals surface area contributed by atoms with E-state index in [1.54, 1.807) is 31.2 Å². The molecule has 0 aromatic heterocycles. The molecular formula is C16H21NO5. The van der Waals surface area contributed by atoms with E-state index in [1.165, 1.54) is 13.8 Å². The van der Waals surface area contributed by atoms with Crippen molar-refractivity contribution >= 4 is 17.8 Å². The lowest BCUT2D eigenvalue weighted by Crippen LogP contribution is -2.37. The molecule has 0 radical (unpaired) electrons. The molecule has 6 nitrogen and oxygen atoms in total. The molecule has 0 saturated carbocycles. The molecule has 1 amide bonds. The molecule has 0 heterocycles. The maximum Gasteiger partial charge on any atom is 0.308 e. The normalized spacial score (nSPS) is 13.0. The molecule has 6 heteroatoms. The van der Waals surface area contributed by atoms with Crippen LogP contribution in [-0.2, 0) is 20.8 Å². The summed E-state index contributed by atoms with van der Waals surface area (Å²) in [5.74, 6) is -1.57. The van der Waals surface area contributed by atoms with E-state index in [4.69, 9.17) is 9.84 Å². The number of carbonyl (C=O) groups is 3. The second kappa shape index (κ2) is 8.17. The molecule has 0 aliphatic carbocycles. The summed E-state index contributed by atoms with van der Waals surface area (Å²) in [7, 11) is 0. The van der Waals surface area contributed by atoms with Crippen LogP contribution in [0.2, 0.25) is 0 Å². The van der Waals surface area contributed by atoms with Gasteiger partial charge in [-0.3, -0.25) is 14.4 Å². The first-order valence-electron chi connectivity index (χ1n) is 7.05. The number of amides is 1. The minimum absolute atomic E-state index is 0.195. The first-order valence-corrected chi connectivity index (χ1v) is 7.05. The van der Waals surface area contributed by atoms with Crippen molar-refractivity contribution in [3.63, 3.8) is 0 Å². The first-order chi connectivity index (χ1) is 10.3. The van der Waals surface area contributed by atoms with E-state index < -0.39 is 11.9 Å². The van der Waals surface area contributed by atoms with Gasteiger partial charge in [-0.05, 0) is 30.5 Å². The number of nitrogens with one attached hydrogen (secondary N) is 1. The van der Waals surface area contributed by atoms with Crippen LogP contribution in [0.5, 0.6) is 5.75 Å². The van der Waals surface area contributed by atoms with E-state index in [2.05, 4.69) is 5.32 Å². The smallest absolute Gasteiger partial charge is 0.308 e. The van der Waals surface area contributed by atoms with Crippen molar-refractivity contribution in [2.45, 2.75) is 39.7 Å². The highest BCUT2D eigenvalue weighted by atomic mass is 16.5. The molecule has 0 saturated heterocycles. The van der Waals surface area contributed by atoms with Gasteiger partial charge in [0.1, 0.15) is 5.75 Å². The van der Waals surface area contributed by atoms with Crippen molar-refractivity contribution in [2.24, 2.45) is 5.92 Å². The van der Waals surface area contributed by atoms with Gasteiger partial charge in [-0.2, -0.15) is 0 Å². The van der Waals surface area contributed by atoms with Gasteiger partial charge < -0.3 is 15.2 Å². The fraction of sp³-hybridized carbons (Fsp3) is 0.438. The number of carbonyl (C=O) groups excluding carboxylic acids is 2. The summed E-state index contributed by atoms with van der Waals surface area (Å²) in [6.07, 6.45) is 0.859. The molecule has 0 aliphatic heterocycles. The Labute approximate surface area is 129 Å². The monoisotopic (exact) mass is 307 g/mol. The van der Waals surface area contributed by atoms with Crippen LogP contribution in [0.25, 0.3) is 0 Å². The third kappa shape index (κ3) is 6.39. The van der Waals surface area contributed by atoms with Crippen molar-refractivity contribution in [3.8, 4) is 5.75 Å². The number of hydrogen-bond donors (Lipinski definition) is 2. The number of rotatable bonds is 7. The van der Waals surface area contributed by atoms with Crippen LogP contribution in [0.1, 0.15) is 32.8 Å². The third-order valence-corrected chi connectivity index (χ3v) is 3.13. The van der Waals surface area contributed by atoms with Gasteiger partial charge in [-0.1, -0.05) is 19.1 Å². The van der Waals surface area contributed by atoms with Crippen molar-refractivity contribution in [1.82, 2.24) is 5.32 Å². The predicted octanol–water partition coefficient (Wildman–Crippen LogP) is 1.77. The largest absolute Gasteiger partial charge is 0.481 e. The molecule has 2 unspecified atom stereocenters. The zero-order valence-corrected chi connectivity index (χ0v) is 13.0. The van der Waals surface area contributed by atoms with E-state index in [0.717, 1.165) is 5.56 Å². The number of carboxylic acids is 1. The number of benzene rings is 1. The molecule has 0 aliphatic rings. The third-order valence-electron chi connectivity index (χ3n) is 3.13. The maximum atomic E-state index is 11.3. The van der Waals surface area contributed by atoms with Crippen LogP contribution < -0.4 is 10.1 Å². The topological polar surface area (TPSA) is 92.7 Å². The molecule has 2 atom stereocenters. The highest BCUT2D eigenvalue weighted by molar-refractivity contribution is 5.73. The molecule has 0 spiro atoms. The lowest BCUT2D eigenvalue weighted by Gasteiger charge is -2.20.